The number of rotatable bonds is 9. The lowest BCUT2D eigenvalue weighted by atomic mass is 9.90. The number of esters is 1. The van der Waals surface area contributed by atoms with Gasteiger partial charge in [0.25, 0.3) is 0 Å². The molecular weight excluding hydrogens is 486 g/mol. The molecule has 0 radical (unpaired) electrons. The van der Waals surface area contributed by atoms with Gasteiger partial charge < -0.3 is 19.7 Å². The molecule has 4 rings (SSSR count). The first kappa shape index (κ1) is 26.7. The highest BCUT2D eigenvalue weighted by molar-refractivity contribution is 8.16. The number of amides is 1. The molecule has 1 N–H and O–H groups in total. The molecule has 8 heteroatoms. The predicted molar refractivity (Wildman–Crippen MR) is 147 cm³/mol. The summed E-state index contributed by atoms with van der Waals surface area (Å²) in [6.45, 7) is 8.35. The molecule has 0 fully saturated rings. The fourth-order valence-electron chi connectivity index (χ4n) is 4.63. The van der Waals surface area contributed by atoms with Crippen molar-refractivity contribution < 1.29 is 19.1 Å². The predicted octanol–water partition coefficient (Wildman–Crippen LogP) is 5.34. The maximum Gasteiger partial charge on any atom is 0.338 e. The maximum absolute atomic E-state index is 13.3. The van der Waals surface area contributed by atoms with E-state index in [1.54, 1.807) is 7.11 Å². The summed E-state index contributed by atoms with van der Waals surface area (Å²) in [5, 5.41) is 5.79. The minimum Gasteiger partial charge on any atom is -0.460 e. The second-order valence-electron chi connectivity index (χ2n) is 9.26. The number of carbonyl (C=O) groups is 2. The molecule has 7 nitrogen and oxygen atoms in total. The van der Waals surface area contributed by atoms with Gasteiger partial charge in [-0.2, -0.15) is 0 Å². The summed E-state index contributed by atoms with van der Waals surface area (Å²) in [6, 6.07) is 15.5. The van der Waals surface area contributed by atoms with Crippen molar-refractivity contribution in [3.8, 4) is 0 Å². The molecular formula is C29H33N3O4S. The van der Waals surface area contributed by atoms with Gasteiger partial charge in [-0.25, -0.2) is 9.79 Å². The van der Waals surface area contributed by atoms with E-state index in [0.717, 1.165) is 33.1 Å². The van der Waals surface area contributed by atoms with Crippen LogP contribution in [0.15, 0.2) is 75.9 Å². The highest BCUT2D eigenvalue weighted by atomic mass is 32.2. The summed E-state index contributed by atoms with van der Waals surface area (Å²) >= 11 is 1.47. The van der Waals surface area contributed by atoms with E-state index in [1.165, 1.54) is 11.8 Å². The van der Waals surface area contributed by atoms with E-state index >= 15 is 0 Å². The van der Waals surface area contributed by atoms with Gasteiger partial charge >= 0.3 is 5.97 Å². The Balaban J connectivity index is 1.64. The summed E-state index contributed by atoms with van der Waals surface area (Å²) in [5.41, 5.74) is 6.08. The molecule has 1 amide bonds. The number of methoxy groups -OCH3 is 1. The Kier molecular flexibility index (Phi) is 8.51. The zero-order valence-electron chi connectivity index (χ0n) is 21.9. The molecule has 2 atom stereocenters. The number of hydrogen-bond donors (Lipinski definition) is 1. The smallest absolute Gasteiger partial charge is 0.338 e. The van der Waals surface area contributed by atoms with Crippen LogP contribution in [0.5, 0.6) is 0 Å². The fraction of sp³-hybridized carbons (Fsp3) is 0.345. The van der Waals surface area contributed by atoms with E-state index in [1.807, 2.05) is 80.5 Å². The quantitative estimate of drug-likeness (QED) is 0.356. The van der Waals surface area contributed by atoms with Gasteiger partial charge in [0.15, 0.2) is 5.17 Å². The number of amidine groups is 1. The Morgan fingerprint density at radius 2 is 1.86 bits per heavy atom. The minimum absolute atomic E-state index is 0.0978. The van der Waals surface area contributed by atoms with Gasteiger partial charge in [0.1, 0.15) is 6.61 Å². The third-order valence-electron chi connectivity index (χ3n) is 6.48. The summed E-state index contributed by atoms with van der Waals surface area (Å²) in [4.78, 5) is 33.2. The normalized spacial score (nSPS) is 17.6. The summed E-state index contributed by atoms with van der Waals surface area (Å²) in [5.74, 6) is -0.528. The van der Waals surface area contributed by atoms with E-state index in [4.69, 9.17) is 14.5 Å². The number of aryl methyl sites for hydroxylation is 2. The van der Waals surface area contributed by atoms with Crippen molar-refractivity contribution in [2.45, 2.75) is 46.2 Å². The fourth-order valence-corrected chi connectivity index (χ4v) is 5.60. The molecule has 2 aromatic carbocycles. The number of benzene rings is 2. The molecule has 0 aliphatic carbocycles. The maximum atomic E-state index is 13.3. The molecule has 0 saturated heterocycles. The Labute approximate surface area is 222 Å². The third kappa shape index (κ3) is 5.97. The summed E-state index contributed by atoms with van der Waals surface area (Å²) < 4.78 is 10.6. The van der Waals surface area contributed by atoms with Crippen LogP contribution in [0.1, 0.15) is 54.6 Å². The van der Waals surface area contributed by atoms with Gasteiger partial charge in [-0.05, 0) is 49.8 Å². The first-order chi connectivity index (χ1) is 17.8. The number of fused-ring (bicyclic) bond motifs is 1. The van der Waals surface area contributed by atoms with E-state index in [0.29, 0.717) is 17.9 Å². The van der Waals surface area contributed by atoms with E-state index in [9.17, 15) is 9.59 Å². The number of thioether (sulfide) groups is 1. The number of carbonyl (C=O) groups excluding carboxylic acids is 2. The summed E-state index contributed by atoms with van der Waals surface area (Å²) in [6.07, 6.45) is 0.162. The Morgan fingerprint density at radius 1 is 1.11 bits per heavy atom. The van der Waals surface area contributed by atoms with Crippen LogP contribution in [0.4, 0.5) is 0 Å². The van der Waals surface area contributed by atoms with E-state index in [2.05, 4.69) is 11.4 Å². The van der Waals surface area contributed by atoms with Crippen LogP contribution in [-0.2, 0) is 19.1 Å². The summed E-state index contributed by atoms with van der Waals surface area (Å²) in [7, 11) is 1.57. The first-order valence-corrected chi connectivity index (χ1v) is 13.2. The molecule has 0 unspecified atom stereocenters. The molecule has 2 aliphatic heterocycles. The highest BCUT2D eigenvalue weighted by Crippen LogP contribution is 2.45. The number of ether oxygens (including phenoxy) is 2. The Bertz CT molecular complexity index is 1270. The van der Waals surface area contributed by atoms with Crippen LogP contribution < -0.4 is 5.32 Å². The van der Waals surface area contributed by atoms with E-state index < -0.39 is 12.0 Å². The molecule has 2 heterocycles. The molecule has 0 saturated carbocycles. The van der Waals surface area contributed by atoms with Gasteiger partial charge in [0.05, 0.1) is 36.4 Å². The molecule has 0 bridgehead atoms. The van der Waals surface area contributed by atoms with Crippen molar-refractivity contribution in [2.24, 2.45) is 4.99 Å². The average Bonchev–Trinajstić information content (AvgIpc) is 3.25. The Morgan fingerprint density at radius 3 is 2.57 bits per heavy atom. The number of hydrogen-bond acceptors (Lipinski definition) is 7. The van der Waals surface area contributed by atoms with Crippen molar-refractivity contribution in [2.75, 3.05) is 20.3 Å². The lowest BCUT2D eigenvalue weighted by molar-refractivity contribution is -0.141. The second-order valence-corrected chi connectivity index (χ2v) is 10.1. The number of nitrogens with zero attached hydrogens (tertiary/aromatic N) is 2. The third-order valence-corrected chi connectivity index (χ3v) is 7.37. The van der Waals surface area contributed by atoms with Gasteiger partial charge in [-0.15, -0.1) is 0 Å². The number of nitrogens with one attached hydrogen (secondary N) is 1. The topological polar surface area (TPSA) is 80.2 Å². The molecule has 2 aromatic rings. The molecule has 0 aromatic heterocycles. The van der Waals surface area contributed by atoms with Crippen molar-refractivity contribution in [3.05, 3.63) is 93.2 Å². The molecule has 2 aliphatic rings. The van der Waals surface area contributed by atoms with Crippen LogP contribution in [-0.4, -0.2) is 42.3 Å². The van der Waals surface area contributed by atoms with Gasteiger partial charge in [0, 0.05) is 12.8 Å². The number of allylic oxidation sites excluding steroid dienone is 1. The standard InChI is InChI=1S/C29H33N3O4S/c1-18-11-12-24(19(2)15-18)27-26(28(34)36-14-13-35-5)21(4)31-29-32(27)23(17-37-29)16-25(33)30-20(3)22-9-7-6-8-10-22/h6-12,15,17,20,27H,13-14,16H2,1-5H3,(H,30,33)/t20-,27+/m0/s1. The van der Waals surface area contributed by atoms with Crippen LogP contribution >= 0.6 is 11.8 Å². The van der Waals surface area contributed by atoms with Crippen molar-refractivity contribution >= 4 is 28.8 Å². The lowest BCUT2D eigenvalue weighted by Gasteiger charge is -2.37. The zero-order chi connectivity index (χ0) is 26.5. The molecule has 37 heavy (non-hydrogen) atoms. The average molecular weight is 520 g/mol. The van der Waals surface area contributed by atoms with Crippen molar-refractivity contribution in [3.63, 3.8) is 0 Å². The minimum atomic E-state index is -0.455. The van der Waals surface area contributed by atoms with Crippen LogP contribution in [0.25, 0.3) is 0 Å². The Hall–Kier alpha value is -3.36. The van der Waals surface area contributed by atoms with Crippen LogP contribution in [0.3, 0.4) is 0 Å². The molecule has 0 spiro atoms. The number of aliphatic imine (C=N–C) groups is 1. The van der Waals surface area contributed by atoms with Crippen molar-refractivity contribution in [1.82, 2.24) is 10.2 Å². The van der Waals surface area contributed by atoms with Crippen LogP contribution in [0, 0.1) is 13.8 Å². The van der Waals surface area contributed by atoms with E-state index in [-0.39, 0.29) is 25.0 Å². The van der Waals surface area contributed by atoms with Gasteiger partial charge in [0.2, 0.25) is 5.91 Å². The van der Waals surface area contributed by atoms with Crippen molar-refractivity contribution in [1.29, 1.82) is 0 Å². The monoisotopic (exact) mass is 519 g/mol. The largest absolute Gasteiger partial charge is 0.460 e. The zero-order valence-corrected chi connectivity index (χ0v) is 22.7. The van der Waals surface area contributed by atoms with Crippen LogP contribution in [0.2, 0.25) is 0 Å². The second kappa shape index (κ2) is 11.8. The SMILES string of the molecule is COCCOC(=O)C1=C(C)N=C2SC=C(CC(=O)N[C@@H](C)c3ccccc3)N2[C@@H]1c1ccc(C)cc1C. The van der Waals surface area contributed by atoms with Gasteiger partial charge in [-0.3, -0.25) is 4.79 Å². The lowest BCUT2D eigenvalue weighted by Crippen LogP contribution is -2.38. The highest BCUT2D eigenvalue weighted by Gasteiger charge is 2.41. The van der Waals surface area contributed by atoms with Gasteiger partial charge in [-0.1, -0.05) is 65.9 Å². The first-order valence-electron chi connectivity index (χ1n) is 12.3. The molecule has 194 valence electrons.